The van der Waals surface area contributed by atoms with E-state index in [4.69, 9.17) is 0 Å². The van der Waals surface area contributed by atoms with Crippen LogP contribution >= 0.6 is 0 Å². The van der Waals surface area contributed by atoms with Gasteiger partial charge in [0.15, 0.2) is 0 Å². The summed E-state index contributed by atoms with van der Waals surface area (Å²) in [6, 6.07) is 0. The van der Waals surface area contributed by atoms with E-state index in [0.717, 1.165) is 5.92 Å². The molecule has 88 valence electrons. The fourth-order valence-corrected chi connectivity index (χ4v) is 1.79. The molecule has 0 heteroatoms. The number of hydrogen-bond acceptors (Lipinski definition) is 0. The molecule has 2 unspecified atom stereocenters. The molecule has 2 atom stereocenters. The minimum Gasteiger partial charge on any atom is -0.0999 e. The Morgan fingerprint density at radius 3 is 2.00 bits per heavy atom. The van der Waals surface area contributed by atoms with Gasteiger partial charge in [0.2, 0.25) is 0 Å². The first-order valence-corrected chi connectivity index (χ1v) is 6.29. The Bertz CT molecular complexity index is 200. The Morgan fingerprint density at radius 1 is 1.00 bits per heavy atom. The van der Waals surface area contributed by atoms with Gasteiger partial charge in [0.1, 0.15) is 0 Å². The van der Waals surface area contributed by atoms with Gasteiger partial charge in [-0.1, -0.05) is 51.0 Å². The van der Waals surface area contributed by atoms with Crippen LogP contribution in [0.4, 0.5) is 0 Å². The molecule has 0 aromatic heterocycles. The fourth-order valence-electron chi connectivity index (χ4n) is 1.79. The summed E-state index contributed by atoms with van der Waals surface area (Å²) >= 11 is 0. The first kappa shape index (κ1) is 14.5. The van der Waals surface area contributed by atoms with Gasteiger partial charge in [0, 0.05) is 0 Å². The van der Waals surface area contributed by atoms with E-state index in [-0.39, 0.29) is 0 Å². The summed E-state index contributed by atoms with van der Waals surface area (Å²) in [6.07, 6.45) is 6.48. The van der Waals surface area contributed by atoms with Crippen LogP contribution in [-0.4, -0.2) is 0 Å². The van der Waals surface area contributed by atoms with Gasteiger partial charge in [0.05, 0.1) is 0 Å². The molecule has 0 bridgehead atoms. The Balaban J connectivity index is 3.95. The van der Waals surface area contributed by atoms with Gasteiger partial charge >= 0.3 is 0 Å². The lowest BCUT2D eigenvalue weighted by atomic mass is 9.87. The summed E-state index contributed by atoms with van der Waals surface area (Å²) in [5.41, 5.74) is 2.67. The second-order valence-corrected chi connectivity index (χ2v) is 5.01. The van der Waals surface area contributed by atoms with Crippen molar-refractivity contribution in [2.45, 2.75) is 59.8 Å². The van der Waals surface area contributed by atoms with Crippen molar-refractivity contribution in [2.75, 3.05) is 0 Å². The molecule has 15 heavy (non-hydrogen) atoms. The smallest absolute Gasteiger partial charge is 0.0208 e. The molecule has 0 nitrogen and oxygen atoms in total. The molecule has 0 fully saturated rings. The van der Waals surface area contributed by atoms with Crippen LogP contribution in [0.25, 0.3) is 0 Å². The van der Waals surface area contributed by atoms with Crippen LogP contribution in [0.15, 0.2) is 24.3 Å². The molecule has 0 aromatic rings. The van der Waals surface area contributed by atoms with Crippen LogP contribution in [0.5, 0.6) is 0 Å². The van der Waals surface area contributed by atoms with E-state index in [1.165, 1.54) is 43.3 Å². The van der Waals surface area contributed by atoms with E-state index in [1.807, 2.05) is 0 Å². The molecule has 0 amide bonds. The van der Waals surface area contributed by atoms with Crippen molar-refractivity contribution in [3.63, 3.8) is 0 Å². The Kier molecular flexibility index (Phi) is 7.46. The van der Waals surface area contributed by atoms with Crippen LogP contribution < -0.4 is 0 Å². The highest BCUT2D eigenvalue weighted by Gasteiger charge is 2.11. The maximum absolute atomic E-state index is 4.11. The number of unbranched alkanes of at least 4 members (excludes halogenated alkanes) is 1. The van der Waals surface area contributed by atoms with Gasteiger partial charge in [-0.3, -0.25) is 0 Å². The first-order chi connectivity index (χ1) is 6.99. The highest BCUT2D eigenvalue weighted by molar-refractivity contribution is 4.98. The maximum Gasteiger partial charge on any atom is -0.0208 e. The standard InChI is InChI=1S/C15H28/c1-7-8-9-15(13(4)5)11-10-14(6)12(2)3/h14-15H,2,4,7-11H2,1,3,5-6H3. The Labute approximate surface area is 96.5 Å². The van der Waals surface area contributed by atoms with Crippen LogP contribution in [0, 0.1) is 11.8 Å². The van der Waals surface area contributed by atoms with Crippen molar-refractivity contribution in [1.29, 1.82) is 0 Å². The van der Waals surface area contributed by atoms with Gasteiger partial charge in [-0.15, -0.1) is 0 Å². The molecule has 0 radical (unpaired) electrons. The van der Waals surface area contributed by atoms with Gasteiger partial charge < -0.3 is 0 Å². The molecule has 0 aliphatic carbocycles. The van der Waals surface area contributed by atoms with E-state index in [2.05, 4.69) is 40.9 Å². The van der Waals surface area contributed by atoms with E-state index >= 15 is 0 Å². The normalized spacial score (nSPS) is 14.7. The average molecular weight is 208 g/mol. The third-order valence-electron chi connectivity index (χ3n) is 3.39. The van der Waals surface area contributed by atoms with Crippen LogP contribution in [0.3, 0.4) is 0 Å². The van der Waals surface area contributed by atoms with E-state index in [9.17, 15) is 0 Å². The third kappa shape index (κ3) is 6.54. The van der Waals surface area contributed by atoms with Crippen LogP contribution in [0.2, 0.25) is 0 Å². The van der Waals surface area contributed by atoms with Gasteiger partial charge in [-0.2, -0.15) is 0 Å². The summed E-state index contributed by atoms with van der Waals surface area (Å²) in [5, 5.41) is 0. The molecule has 0 aliphatic rings. The van der Waals surface area contributed by atoms with Crippen molar-refractivity contribution < 1.29 is 0 Å². The zero-order chi connectivity index (χ0) is 11.8. The van der Waals surface area contributed by atoms with Crippen LogP contribution in [0.1, 0.15) is 59.8 Å². The largest absolute Gasteiger partial charge is 0.0999 e. The molecule has 0 aliphatic heterocycles. The predicted molar refractivity (Wildman–Crippen MR) is 71.0 cm³/mol. The van der Waals surface area contributed by atoms with Crippen molar-refractivity contribution in [3.8, 4) is 0 Å². The summed E-state index contributed by atoms with van der Waals surface area (Å²) < 4.78 is 0. The average Bonchev–Trinajstić information content (AvgIpc) is 2.16. The lowest BCUT2D eigenvalue weighted by Gasteiger charge is -2.19. The third-order valence-corrected chi connectivity index (χ3v) is 3.39. The quantitative estimate of drug-likeness (QED) is 0.471. The summed E-state index contributed by atoms with van der Waals surface area (Å²) in [5.74, 6) is 1.39. The zero-order valence-corrected chi connectivity index (χ0v) is 11.1. The number of hydrogen-bond donors (Lipinski definition) is 0. The monoisotopic (exact) mass is 208 g/mol. The van der Waals surface area contributed by atoms with Crippen molar-refractivity contribution >= 4 is 0 Å². The van der Waals surface area contributed by atoms with E-state index < -0.39 is 0 Å². The Morgan fingerprint density at radius 2 is 1.60 bits per heavy atom. The molecule has 0 heterocycles. The topological polar surface area (TPSA) is 0 Å². The second-order valence-electron chi connectivity index (χ2n) is 5.01. The zero-order valence-electron chi connectivity index (χ0n) is 11.1. The first-order valence-electron chi connectivity index (χ1n) is 6.29. The van der Waals surface area contributed by atoms with Crippen LogP contribution in [-0.2, 0) is 0 Å². The lowest BCUT2D eigenvalue weighted by Crippen LogP contribution is -2.05. The minimum atomic E-state index is 0.661. The summed E-state index contributed by atoms with van der Waals surface area (Å²) in [7, 11) is 0. The Hall–Kier alpha value is -0.520. The lowest BCUT2D eigenvalue weighted by molar-refractivity contribution is 0.443. The van der Waals surface area contributed by atoms with Gasteiger partial charge in [0.25, 0.3) is 0 Å². The molecule has 0 aromatic carbocycles. The molecule has 0 rings (SSSR count). The molecular formula is C15H28. The van der Waals surface area contributed by atoms with Gasteiger partial charge in [-0.05, 0) is 44.9 Å². The van der Waals surface area contributed by atoms with E-state index in [0.29, 0.717) is 5.92 Å². The predicted octanol–water partition coefficient (Wildman–Crippen LogP) is 5.36. The maximum atomic E-state index is 4.11. The summed E-state index contributed by atoms with van der Waals surface area (Å²) in [4.78, 5) is 0. The van der Waals surface area contributed by atoms with E-state index in [1.54, 1.807) is 0 Å². The number of rotatable bonds is 8. The molecule has 0 N–H and O–H groups in total. The van der Waals surface area contributed by atoms with Crippen molar-refractivity contribution in [3.05, 3.63) is 24.3 Å². The highest BCUT2D eigenvalue weighted by Crippen LogP contribution is 2.25. The molecule has 0 spiro atoms. The number of allylic oxidation sites excluding steroid dienone is 2. The SMILES string of the molecule is C=C(C)C(C)CCC(CCCC)C(=C)C. The fraction of sp³-hybridized carbons (Fsp3) is 0.733. The van der Waals surface area contributed by atoms with Crippen molar-refractivity contribution in [1.82, 2.24) is 0 Å². The van der Waals surface area contributed by atoms with Crippen molar-refractivity contribution in [2.24, 2.45) is 11.8 Å². The highest BCUT2D eigenvalue weighted by atomic mass is 14.2. The summed E-state index contributed by atoms with van der Waals surface area (Å²) in [6.45, 7) is 17.0. The second kappa shape index (κ2) is 7.73. The van der Waals surface area contributed by atoms with Gasteiger partial charge in [-0.25, -0.2) is 0 Å². The molecule has 0 saturated heterocycles. The molecule has 0 saturated carbocycles. The minimum absolute atomic E-state index is 0.661. The molecular weight excluding hydrogens is 180 g/mol.